The Hall–Kier alpha value is -3.85. The summed E-state index contributed by atoms with van der Waals surface area (Å²) in [7, 11) is 2.88. The highest BCUT2D eigenvalue weighted by Crippen LogP contribution is 2.35. The molecule has 0 fully saturated rings. The molecule has 1 aliphatic heterocycles. The van der Waals surface area contributed by atoms with E-state index in [1.54, 1.807) is 25.3 Å². The number of thiazole rings is 1. The molecular formula is C26H26N2O6S. The smallest absolute Gasteiger partial charge is 0.337 e. The van der Waals surface area contributed by atoms with Gasteiger partial charge in [-0.3, -0.25) is 9.36 Å². The zero-order valence-electron chi connectivity index (χ0n) is 19.9. The lowest BCUT2D eigenvalue weighted by atomic mass is 9.97. The molecular weight excluding hydrogens is 468 g/mol. The second kappa shape index (κ2) is 10.6. The van der Waals surface area contributed by atoms with Crippen LogP contribution in [0, 0.1) is 0 Å². The van der Waals surface area contributed by atoms with Gasteiger partial charge < -0.3 is 18.9 Å². The number of aromatic nitrogens is 1. The molecule has 2 aromatic carbocycles. The van der Waals surface area contributed by atoms with Gasteiger partial charge in [0.15, 0.2) is 16.3 Å². The molecule has 8 nitrogen and oxygen atoms in total. The highest BCUT2D eigenvalue weighted by Gasteiger charge is 2.31. The van der Waals surface area contributed by atoms with Crippen LogP contribution < -0.4 is 29.1 Å². The molecule has 0 spiro atoms. The molecule has 1 atom stereocenters. The molecule has 0 amide bonds. The van der Waals surface area contributed by atoms with Crippen LogP contribution in [0.25, 0.3) is 6.08 Å². The van der Waals surface area contributed by atoms with E-state index in [0.29, 0.717) is 45.4 Å². The number of rotatable bonds is 8. The topological polar surface area (TPSA) is 88.4 Å². The van der Waals surface area contributed by atoms with Gasteiger partial charge in [0.05, 0.1) is 43.6 Å². The summed E-state index contributed by atoms with van der Waals surface area (Å²) in [5, 5.41) is 0. The number of esters is 1. The fourth-order valence-corrected chi connectivity index (χ4v) is 4.87. The second-order valence-electron chi connectivity index (χ2n) is 7.49. The number of ether oxygens (including phenoxy) is 4. The van der Waals surface area contributed by atoms with E-state index in [-0.39, 0.29) is 11.1 Å². The minimum absolute atomic E-state index is 0.246. The van der Waals surface area contributed by atoms with Gasteiger partial charge in [0.25, 0.3) is 5.56 Å². The zero-order chi connectivity index (χ0) is 24.9. The van der Waals surface area contributed by atoms with Gasteiger partial charge >= 0.3 is 5.97 Å². The molecule has 35 heavy (non-hydrogen) atoms. The second-order valence-corrected chi connectivity index (χ2v) is 8.50. The van der Waals surface area contributed by atoms with E-state index in [4.69, 9.17) is 18.9 Å². The predicted octanol–water partition coefficient (Wildman–Crippen LogP) is 2.82. The lowest BCUT2D eigenvalue weighted by molar-refractivity contribution is -0.136. The van der Waals surface area contributed by atoms with E-state index in [1.807, 2.05) is 44.2 Å². The molecule has 1 aromatic heterocycles. The normalized spacial score (nSPS) is 15.0. The number of nitrogens with zero attached hydrogens (tertiary/aromatic N) is 2. The highest BCUT2D eigenvalue weighted by molar-refractivity contribution is 7.07. The van der Waals surface area contributed by atoms with Crippen LogP contribution in [0.1, 0.15) is 31.0 Å². The summed E-state index contributed by atoms with van der Waals surface area (Å²) in [6.45, 7) is 4.68. The van der Waals surface area contributed by atoms with Crippen LogP contribution in [-0.4, -0.2) is 38.0 Å². The molecule has 0 saturated heterocycles. The summed E-state index contributed by atoms with van der Waals surface area (Å²) in [6.07, 6.45) is 3.23. The van der Waals surface area contributed by atoms with Crippen molar-refractivity contribution in [1.29, 1.82) is 0 Å². The molecule has 0 unspecified atom stereocenters. The lowest BCUT2D eigenvalue weighted by Gasteiger charge is -2.23. The predicted molar refractivity (Wildman–Crippen MR) is 133 cm³/mol. The Morgan fingerprint density at radius 2 is 1.80 bits per heavy atom. The first kappa shape index (κ1) is 24.3. The maximum Gasteiger partial charge on any atom is 0.337 e. The third kappa shape index (κ3) is 4.72. The number of para-hydroxylation sites is 1. The Bertz CT molecular complexity index is 1450. The number of carbonyl (C=O) groups is 1. The van der Waals surface area contributed by atoms with Gasteiger partial charge in [-0.25, -0.2) is 9.79 Å². The Kier molecular flexibility index (Phi) is 7.36. The van der Waals surface area contributed by atoms with Crippen molar-refractivity contribution in [3.05, 3.63) is 85.1 Å². The third-order valence-electron chi connectivity index (χ3n) is 5.43. The van der Waals surface area contributed by atoms with Crippen LogP contribution in [0.5, 0.6) is 17.2 Å². The van der Waals surface area contributed by atoms with Gasteiger partial charge in [-0.2, -0.15) is 0 Å². The molecule has 182 valence electrons. The fraction of sp³-hybridized carbons (Fsp3) is 0.269. The Balaban J connectivity index is 1.92. The van der Waals surface area contributed by atoms with Crippen molar-refractivity contribution in [2.75, 3.05) is 27.4 Å². The number of carbonyl (C=O) groups excluding carboxylic acids is 1. The zero-order valence-corrected chi connectivity index (χ0v) is 20.8. The van der Waals surface area contributed by atoms with Crippen molar-refractivity contribution in [2.45, 2.75) is 19.9 Å². The molecule has 0 aliphatic carbocycles. The van der Waals surface area contributed by atoms with Gasteiger partial charge in [0.1, 0.15) is 5.75 Å². The monoisotopic (exact) mass is 494 g/mol. The van der Waals surface area contributed by atoms with Crippen molar-refractivity contribution in [2.24, 2.45) is 4.99 Å². The average molecular weight is 495 g/mol. The molecule has 2 heterocycles. The number of hydrogen-bond acceptors (Lipinski definition) is 8. The number of fused-ring (bicyclic) bond motifs is 1. The van der Waals surface area contributed by atoms with Crippen molar-refractivity contribution in [1.82, 2.24) is 4.57 Å². The van der Waals surface area contributed by atoms with E-state index in [1.165, 1.54) is 29.2 Å². The van der Waals surface area contributed by atoms with Gasteiger partial charge in [0, 0.05) is 11.8 Å². The first-order valence-corrected chi connectivity index (χ1v) is 12.0. The first-order valence-electron chi connectivity index (χ1n) is 11.1. The van der Waals surface area contributed by atoms with Crippen LogP contribution in [0.4, 0.5) is 0 Å². The standard InChI is InChI=1S/C26H26N2O6S/c1-5-33-20-12-11-17(13-21(20)34-6-2)23-18(25(30)32-4)15-27-26-28(23)24(29)22(35-26)14-16-9-7-8-10-19(16)31-3/h7-15,23H,5-6H2,1-4H3/b22-14-/t23-/m0/s1. The minimum Gasteiger partial charge on any atom is -0.496 e. The molecule has 0 bridgehead atoms. The maximum absolute atomic E-state index is 13.6. The van der Waals surface area contributed by atoms with Gasteiger partial charge in [-0.05, 0) is 43.7 Å². The summed E-state index contributed by atoms with van der Waals surface area (Å²) in [6, 6.07) is 12.1. The van der Waals surface area contributed by atoms with E-state index in [2.05, 4.69) is 4.99 Å². The molecule has 9 heteroatoms. The Morgan fingerprint density at radius 3 is 2.51 bits per heavy atom. The maximum atomic E-state index is 13.6. The largest absolute Gasteiger partial charge is 0.496 e. The highest BCUT2D eigenvalue weighted by atomic mass is 32.1. The van der Waals surface area contributed by atoms with E-state index >= 15 is 0 Å². The lowest BCUT2D eigenvalue weighted by Crippen LogP contribution is -2.39. The van der Waals surface area contributed by atoms with E-state index in [0.717, 1.165) is 5.56 Å². The van der Waals surface area contributed by atoms with Gasteiger partial charge in [-0.15, -0.1) is 0 Å². The average Bonchev–Trinajstić information content (AvgIpc) is 3.19. The summed E-state index contributed by atoms with van der Waals surface area (Å²) in [5.41, 5.74) is 1.42. The molecule has 4 rings (SSSR count). The summed E-state index contributed by atoms with van der Waals surface area (Å²) >= 11 is 1.24. The third-order valence-corrected chi connectivity index (χ3v) is 6.43. The van der Waals surface area contributed by atoms with Crippen LogP contribution in [-0.2, 0) is 9.53 Å². The quantitative estimate of drug-likeness (QED) is 0.448. The first-order chi connectivity index (χ1) is 17.0. The summed E-state index contributed by atoms with van der Waals surface area (Å²) in [4.78, 5) is 31.2. The van der Waals surface area contributed by atoms with Crippen LogP contribution in [0.3, 0.4) is 0 Å². The van der Waals surface area contributed by atoms with Gasteiger partial charge in [-0.1, -0.05) is 35.6 Å². The molecule has 0 N–H and O–H groups in total. The van der Waals surface area contributed by atoms with Crippen molar-refractivity contribution >= 4 is 23.4 Å². The number of methoxy groups -OCH3 is 2. The van der Waals surface area contributed by atoms with Crippen molar-refractivity contribution in [3.8, 4) is 17.2 Å². The molecule has 0 saturated carbocycles. The van der Waals surface area contributed by atoms with Crippen LogP contribution in [0.2, 0.25) is 0 Å². The van der Waals surface area contributed by atoms with Crippen molar-refractivity contribution in [3.63, 3.8) is 0 Å². The van der Waals surface area contributed by atoms with E-state index < -0.39 is 12.0 Å². The van der Waals surface area contributed by atoms with E-state index in [9.17, 15) is 9.59 Å². The van der Waals surface area contributed by atoms with Crippen LogP contribution >= 0.6 is 11.3 Å². The molecule has 0 radical (unpaired) electrons. The van der Waals surface area contributed by atoms with Crippen molar-refractivity contribution < 1.29 is 23.7 Å². The SMILES string of the molecule is CCOc1ccc([C@H]2C(C(=O)OC)=CN=c3s/c(=C\c4ccccc4OC)c(=O)n32)cc1OCC. The molecule has 3 aromatic rings. The fourth-order valence-electron chi connectivity index (χ4n) is 3.91. The molecule has 1 aliphatic rings. The van der Waals surface area contributed by atoms with Gasteiger partial charge in [0.2, 0.25) is 0 Å². The summed E-state index contributed by atoms with van der Waals surface area (Å²) in [5.74, 6) is 1.21. The van der Waals surface area contributed by atoms with Crippen LogP contribution in [0.15, 0.2) is 64.0 Å². The Morgan fingerprint density at radius 1 is 1.06 bits per heavy atom. The number of benzene rings is 2. The number of hydrogen-bond donors (Lipinski definition) is 0. The summed E-state index contributed by atoms with van der Waals surface area (Å²) < 4.78 is 23.9. The minimum atomic E-state index is -0.742. The Labute approximate surface area is 206 Å².